The van der Waals surface area contributed by atoms with Gasteiger partial charge in [0.05, 0.1) is 6.42 Å². The van der Waals surface area contributed by atoms with Gasteiger partial charge in [-0.2, -0.15) is 0 Å². The molecule has 126 valence electrons. The Balaban J connectivity index is 1.94. The van der Waals surface area contributed by atoms with Crippen LogP contribution in [0.4, 0.5) is 8.78 Å². The van der Waals surface area contributed by atoms with Crippen molar-refractivity contribution in [3.8, 4) is 0 Å². The number of hydrogen-bond donors (Lipinski definition) is 2. The predicted octanol–water partition coefficient (Wildman–Crippen LogP) is 2.11. The summed E-state index contributed by atoms with van der Waals surface area (Å²) >= 11 is 0. The first kappa shape index (κ1) is 17.6. The molecule has 0 aromatic heterocycles. The molecule has 6 heteroatoms. The molecule has 0 aliphatic rings. The first-order valence-corrected chi connectivity index (χ1v) is 7.51. The van der Waals surface area contributed by atoms with E-state index in [0.717, 1.165) is 23.8 Å². The fourth-order valence-corrected chi connectivity index (χ4v) is 2.39. The third-order valence-electron chi connectivity index (χ3n) is 3.53. The van der Waals surface area contributed by atoms with Crippen LogP contribution in [0.2, 0.25) is 0 Å². The number of rotatable bonds is 7. The molecule has 2 aromatic rings. The van der Waals surface area contributed by atoms with E-state index in [-0.39, 0.29) is 12.0 Å². The number of nitrogens with two attached hydrogens (primary N) is 1. The zero-order valence-electron chi connectivity index (χ0n) is 13.0. The average Bonchev–Trinajstić information content (AvgIpc) is 2.51. The molecule has 0 saturated heterocycles. The lowest BCUT2D eigenvalue weighted by Crippen LogP contribution is -2.45. The maximum absolute atomic E-state index is 13.1. The van der Waals surface area contributed by atoms with Gasteiger partial charge in [0, 0.05) is 6.07 Å². The minimum atomic E-state index is -0.837. The maximum Gasteiger partial charge on any atom is 0.240 e. The molecule has 0 bridgehead atoms. The first-order chi connectivity index (χ1) is 11.4. The summed E-state index contributed by atoms with van der Waals surface area (Å²) in [7, 11) is 0. The summed E-state index contributed by atoms with van der Waals surface area (Å²) in [6.07, 6.45) is 0.690. The summed E-state index contributed by atoms with van der Waals surface area (Å²) in [5.41, 5.74) is 6.53. The third-order valence-corrected chi connectivity index (χ3v) is 3.53. The minimum Gasteiger partial charge on any atom is -0.368 e. The molecule has 0 unspecified atom stereocenters. The highest BCUT2D eigenvalue weighted by Gasteiger charge is 2.18. The second-order valence-electron chi connectivity index (χ2n) is 5.50. The first-order valence-electron chi connectivity index (χ1n) is 7.51. The molecule has 0 aliphatic carbocycles. The second-order valence-corrected chi connectivity index (χ2v) is 5.50. The van der Waals surface area contributed by atoms with E-state index in [9.17, 15) is 18.4 Å². The number of nitrogens with one attached hydrogen (secondary N) is 1. The van der Waals surface area contributed by atoms with E-state index in [1.807, 2.05) is 30.3 Å². The van der Waals surface area contributed by atoms with Gasteiger partial charge in [0.25, 0.3) is 0 Å². The quantitative estimate of drug-likeness (QED) is 0.815. The van der Waals surface area contributed by atoms with E-state index in [1.54, 1.807) is 0 Å². The summed E-state index contributed by atoms with van der Waals surface area (Å²) in [4.78, 5) is 23.5. The van der Waals surface area contributed by atoms with Crippen molar-refractivity contribution in [2.45, 2.75) is 25.3 Å². The van der Waals surface area contributed by atoms with Crippen molar-refractivity contribution in [1.82, 2.24) is 5.32 Å². The number of benzene rings is 2. The van der Waals surface area contributed by atoms with Crippen LogP contribution in [0.15, 0.2) is 48.5 Å². The van der Waals surface area contributed by atoms with Crippen molar-refractivity contribution < 1.29 is 18.4 Å². The number of carbonyl (C=O) groups is 2. The number of amides is 2. The summed E-state index contributed by atoms with van der Waals surface area (Å²) in [5, 5.41) is 2.52. The molecule has 0 aliphatic heterocycles. The second kappa shape index (κ2) is 8.19. The summed E-state index contributed by atoms with van der Waals surface area (Å²) in [5.74, 6) is -2.68. The predicted molar refractivity (Wildman–Crippen MR) is 86.0 cm³/mol. The van der Waals surface area contributed by atoms with E-state index in [1.165, 1.54) is 0 Å². The maximum atomic E-state index is 13.1. The van der Waals surface area contributed by atoms with Gasteiger partial charge < -0.3 is 11.1 Å². The van der Waals surface area contributed by atoms with Crippen LogP contribution in [0.3, 0.4) is 0 Å². The largest absolute Gasteiger partial charge is 0.368 e. The molecule has 1 atom stereocenters. The molecule has 24 heavy (non-hydrogen) atoms. The van der Waals surface area contributed by atoms with E-state index >= 15 is 0 Å². The van der Waals surface area contributed by atoms with E-state index in [2.05, 4.69) is 5.32 Å². The van der Waals surface area contributed by atoms with Gasteiger partial charge in [0.15, 0.2) is 0 Å². The SMILES string of the molecule is NC(=O)[C@@H](CCc1ccccc1)NC(=O)Cc1cc(F)cc(F)c1. The molecule has 2 amide bonds. The molecule has 0 fully saturated rings. The molecule has 2 aromatic carbocycles. The van der Waals surface area contributed by atoms with E-state index in [4.69, 9.17) is 5.73 Å². The Bertz CT molecular complexity index is 700. The summed E-state index contributed by atoms with van der Waals surface area (Å²) in [6, 6.07) is 11.5. The Hall–Kier alpha value is -2.76. The molecule has 0 radical (unpaired) electrons. The van der Waals surface area contributed by atoms with Gasteiger partial charge in [0.2, 0.25) is 11.8 Å². The van der Waals surface area contributed by atoms with Crippen LogP contribution in [0, 0.1) is 11.6 Å². The van der Waals surface area contributed by atoms with Crippen molar-refractivity contribution in [2.75, 3.05) is 0 Å². The number of halogens is 2. The zero-order valence-corrected chi connectivity index (χ0v) is 13.0. The van der Waals surface area contributed by atoms with Crippen molar-refractivity contribution in [1.29, 1.82) is 0 Å². The topological polar surface area (TPSA) is 72.2 Å². The van der Waals surface area contributed by atoms with Gasteiger partial charge in [-0.1, -0.05) is 30.3 Å². The molecular formula is C18H18F2N2O2. The van der Waals surface area contributed by atoms with Crippen molar-refractivity contribution in [2.24, 2.45) is 5.73 Å². The minimum absolute atomic E-state index is 0.191. The molecule has 3 N–H and O–H groups in total. The van der Waals surface area contributed by atoms with Crippen LogP contribution in [0.25, 0.3) is 0 Å². The van der Waals surface area contributed by atoms with Gasteiger partial charge in [-0.3, -0.25) is 9.59 Å². The van der Waals surface area contributed by atoms with Crippen LogP contribution >= 0.6 is 0 Å². The van der Waals surface area contributed by atoms with Gasteiger partial charge in [-0.15, -0.1) is 0 Å². The highest BCUT2D eigenvalue weighted by molar-refractivity contribution is 5.87. The highest BCUT2D eigenvalue weighted by Crippen LogP contribution is 2.09. The molecule has 2 rings (SSSR count). The Labute approximate surface area is 138 Å². The van der Waals surface area contributed by atoms with E-state index < -0.39 is 29.5 Å². The van der Waals surface area contributed by atoms with Gasteiger partial charge in [-0.25, -0.2) is 8.78 Å². The van der Waals surface area contributed by atoms with Crippen LogP contribution in [0.5, 0.6) is 0 Å². The Kier molecular flexibility index (Phi) is 6.01. The van der Waals surface area contributed by atoms with Crippen LogP contribution in [-0.2, 0) is 22.4 Å². The van der Waals surface area contributed by atoms with Crippen LogP contribution in [-0.4, -0.2) is 17.9 Å². The lowest BCUT2D eigenvalue weighted by molar-refractivity contribution is -0.127. The molecular weight excluding hydrogens is 314 g/mol. The van der Waals surface area contributed by atoms with E-state index in [0.29, 0.717) is 12.8 Å². The molecule has 4 nitrogen and oxygen atoms in total. The number of carbonyl (C=O) groups excluding carboxylic acids is 2. The van der Waals surface area contributed by atoms with Gasteiger partial charge >= 0.3 is 0 Å². The fraction of sp³-hybridized carbons (Fsp3) is 0.222. The fourth-order valence-electron chi connectivity index (χ4n) is 2.39. The zero-order chi connectivity index (χ0) is 17.5. The number of hydrogen-bond acceptors (Lipinski definition) is 2. The number of aryl methyl sites for hydroxylation is 1. The van der Waals surface area contributed by atoms with Gasteiger partial charge in [-0.05, 0) is 36.1 Å². The normalized spacial score (nSPS) is 11.8. The van der Waals surface area contributed by atoms with Crippen molar-refractivity contribution in [3.63, 3.8) is 0 Å². The van der Waals surface area contributed by atoms with Crippen molar-refractivity contribution >= 4 is 11.8 Å². The molecule has 0 saturated carbocycles. The molecule has 0 spiro atoms. The average molecular weight is 332 g/mol. The van der Waals surface area contributed by atoms with Gasteiger partial charge in [0.1, 0.15) is 17.7 Å². The Morgan fingerprint density at radius 2 is 1.62 bits per heavy atom. The van der Waals surface area contributed by atoms with Crippen LogP contribution in [0.1, 0.15) is 17.5 Å². The smallest absolute Gasteiger partial charge is 0.240 e. The lowest BCUT2D eigenvalue weighted by atomic mass is 10.0. The standard InChI is InChI=1S/C18H18F2N2O2/c19-14-8-13(9-15(20)11-14)10-17(23)22-16(18(21)24)7-6-12-4-2-1-3-5-12/h1-5,8-9,11,16H,6-7,10H2,(H2,21,24)(H,22,23)/t16-/m1/s1. The number of primary amides is 1. The Morgan fingerprint density at radius 3 is 2.21 bits per heavy atom. The Morgan fingerprint density at radius 1 is 1.00 bits per heavy atom. The highest BCUT2D eigenvalue weighted by atomic mass is 19.1. The summed E-state index contributed by atoms with van der Waals surface area (Å²) in [6.45, 7) is 0. The molecule has 0 heterocycles. The third kappa shape index (κ3) is 5.46. The van der Waals surface area contributed by atoms with Crippen molar-refractivity contribution in [3.05, 3.63) is 71.3 Å². The summed E-state index contributed by atoms with van der Waals surface area (Å²) < 4.78 is 26.3. The lowest BCUT2D eigenvalue weighted by Gasteiger charge is -2.15. The monoisotopic (exact) mass is 332 g/mol. The van der Waals surface area contributed by atoms with Crippen LogP contribution < -0.4 is 11.1 Å².